The molecule has 4 nitrogen and oxygen atoms in total. The molecular formula is C15H23NO3. The van der Waals surface area contributed by atoms with Gasteiger partial charge >= 0.3 is 0 Å². The molecule has 0 saturated heterocycles. The lowest BCUT2D eigenvalue weighted by Crippen LogP contribution is -2.34. The van der Waals surface area contributed by atoms with Crippen LogP contribution in [0.15, 0.2) is 18.2 Å². The summed E-state index contributed by atoms with van der Waals surface area (Å²) in [5, 5.41) is 3.34. The van der Waals surface area contributed by atoms with E-state index in [1.807, 2.05) is 19.2 Å². The van der Waals surface area contributed by atoms with E-state index in [4.69, 9.17) is 14.2 Å². The quantitative estimate of drug-likeness (QED) is 0.887. The summed E-state index contributed by atoms with van der Waals surface area (Å²) in [5.74, 6) is 2.07. The average Bonchev–Trinajstić information content (AvgIpc) is 2.43. The van der Waals surface area contributed by atoms with Gasteiger partial charge in [0, 0.05) is 7.11 Å². The van der Waals surface area contributed by atoms with Crippen LogP contribution >= 0.6 is 0 Å². The van der Waals surface area contributed by atoms with Crippen LogP contribution in [0.3, 0.4) is 0 Å². The fourth-order valence-electron chi connectivity index (χ4n) is 2.57. The molecule has 1 aliphatic rings. The highest BCUT2D eigenvalue weighted by Crippen LogP contribution is 2.34. The Kier molecular flexibility index (Phi) is 4.66. The van der Waals surface area contributed by atoms with Gasteiger partial charge in [-0.1, -0.05) is 19.9 Å². The van der Waals surface area contributed by atoms with Gasteiger partial charge in [0.05, 0.1) is 12.1 Å². The summed E-state index contributed by atoms with van der Waals surface area (Å²) in [6.45, 7) is 5.56. The molecule has 1 aliphatic heterocycles. The lowest BCUT2D eigenvalue weighted by atomic mass is 9.93. The van der Waals surface area contributed by atoms with Gasteiger partial charge < -0.3 is 19.5 Å². The molecule has 19 heavy (non-hydrogen) atoms. The number of methoxy groups -OCH3 is 1. The van der Waals surface area contributed by atoms with Gasteiger partial charge in [-0.15, -0.1) is 0 Å². The zero-order valence-electron chi connectivity index (χ0n) is 12.1. The molecule has 0 amide bonds. The van der Waals surface area contributed by atoms with E-state index in [0.29, 0.717) is 19.1 Å². The second-order valence-corrected chi connectivity index (χ2v) is 5.11. The maximum absolute atomic E-state index is 5.64. The number of rotatable bonds is 5. The van der Waals surface area contributed by atoms with Crippen molar-refractivity contribution in [2.45, 2.75) is 26.0 Å². The highest BCUT2D eigenvalue weighted by atomic mass is 16.6. The molecule has 4 heteroatoms. The third-order valence-corrected chi connectivity index (χ3v) is 3.49. The number of likely N-dealkylation sites (N-methyl/N-ethyl adjacent to an activating group) is 1. The number of nitrogens with one attached hydrogen (secondary N) is 1. The molecule has 2 unspecified atom stereocenters. The molecule has 0 aromatic heterocycles. The molecule has 1 heterocycles. The Morgan fingerprint density at radius 2 is 1.84 bits per heavy atom. The topological polar surface area (TPSA) is 39.7 Å². The maximum atomic E-state index is 5.64. The van der Waals surface area contributed by atoms with Crippen LogP contribution in [0.2, 0.25) is 0 Å². The Hall–Kier alpha value is -1.26. The van der Waals surface area contributed by atoms with Gasteiger partial charge in [0.15, 0.2) is 11.5 Å². The monoisotopic (exact) mass is 265 g/mol. The molecule has 1 aromatic carbocycles. The minimum atomic E-state index is 0.118. The van der Waals surface area contributed by atoms with E-state index in [2.05, 4.69) is 25.2 Å². The van der Waals surface area contributed by atoms with E-state index in [9.17, 15) is 0 Å². The lowest BCUT2D eigenvalue weighted by Gasteiger charge is -2.30. The van der Waals surface area contributed by atoms with Crippen LogP contribution in [0.25, 0.3) is 0 Å². The largest absolute Gasteiger partial charge is 0.486 e. The third-order valence-electron chi connectivity index (χ3n) is 3.49. The molecule has 0 bridgehead atoms. The van der Waals surface area contributed by atoms with Crippen molar-refractivity contribution >= 4 is 0 Å². The number of hydrogen-bond donors (Lipinski definition) is 1. The van der Waals surface area contributed by atoms with Gasteiger partial charge in [-0.25, -0.2) is 0 Å². The van der Waals surface area contributed by atoms with Crippen LogP contribution in [-0.2, 0) is 4.74 Å². The first-order valence-electron chi connectivity index (χ1n) is 6.77. The van der Waals surface area contributed by atoms with Gasteiger partial charge in [-0.05, 0) is 30.7 Å². The van der Waals surface area contributed by atoms with Crippen LogP contribution in [0.1, 0.15) is 25.5 Å². The van der Waals surface area contributed by atoms with Crippen molar-refractivity contribution in [3.05, 3.63) is 23.8 Å². The van der Waals surface area contributed by atoms with Gasteiger partial charge in [0.25, 0.3) is 0 Å². The lowest BCUT2D eigenvalue weighted by molar-refractivity contribution is 0.0347. The highest BCUT2D eigenvalue weighted by Gasteiger charge is 2.26. The predicted octanol–water partition coefficient (Wildman–Crippen LogP) is 2.39. The first kappa shape index (κ1) is 14.2. The summed E-state index contributed by atoms with van der Waals surface area (Å²) in [6, 6.07) is 6.23. The van der Waals surface area contributed by atoms with Crippen LogP contribution in [0.5, 0.6) is 11.5 Å². The van der Waals surface area contributed by atoms with Gasteiger partial charge in [0.2, 0.25) is 0 Å². The van der Waals surface area contributed by atoms with Crippen molar-refractivity contribution in [2.24, 2.45) is 5.92 Å². The van der Waals surface area contributed by atoms with E-state index in [0.717, 1.165) is 17.1 Å². The molecule has 2 rings (SSSR count). The Balaban J connectivity index is 2.27. The highest BCUT2D eigenvalue weighted by molar-refractivity contribution is 5.44. The molecule has 2 atom stereocenters. The van der Waals surface area contributed by atoms with Crippen molar-refractivity contribution in [1.82, 2.24) is 5.32 Å². The Bertz CT molecular complexity index is 420. The van der Waals surface area contributed by atoms with E-state index in [-0.39, 0.29) is 12.1 Å². The Morgan fingerprint density at radius 3 is 2.42 bits per heavy atom. The molecule has 0 spiro atoms. The van der Waals surface area contributed by atoms with E-state index >= 15 is 0 Å². The van der Waals surface area contributed by atoms with E-state index < -0.39 is 0 Å². The van der Waals surface area contributed by atoms with Gasteiger partial charge in [-0.3, -0.25) is 0 Å². The molecule has 0 saturated carbocycles. The molecule has 106 valence electrons. The summed E-state index contributed by atoms with van der Waals surface area (Å²) >= 11 is 0. The van der Waals surface area contributed by atoms with Crippen molar-refractivity contribution in [1.29, 1.82) is 0 Å². The maximum Gasteiger partial charge on any atom is 0.161 e. The molecule has 0 aliphatic carbocycles. The van der Waals surface area contributed by atoms with Crippen LogP contribution < -0.4 is 14.8 Å². The Labute approximate surface area is 115 Å². The van der Waals surface area contributed by atoms with Gasteiger partial charge in [0.1, 0.15) is 13.2 Å². The normalized spacial score (nSPS) is 17.3. The minimum Gasteiger partial charge on any atom is -0.486 e. The number of fused-ring (bicyclic) bond motifs is 1. The van der Waals surface area contributed by atoms with Crippen molar-refractivity contribution in [3.8, 4) is 11.5 Å². The molecule has 0 fully saturated rings. The third kappa shape index (κ3) is 3.01. The predicted molar refractivity (Wildman–Crippen MR) is 74.9 cm³/mol. The van der Waals surface area contributed by atoms with Crippen molar-refractivity contribution in [3.63, 3.8) is 0 Å². The van der Waals surface area contributed by atoms with Crippen LogP contribution in [0.4, 0.5) is 0 Å². The summed E-state index contributed by atoms with van der Waals surface area (Å²) in [5.41, 5.74) is 1.16. The number of ether oxygens (including phenoxy) is 3. The minimum absolute atomic E-state index is 0.118. The molecular weight excluding hydrogens is 242 g/mol. The molecule has 1 N–H and O–H groups in total. The van der Waals surface area contributed by atoms with Crippen LogP contribution in [0, 0.1) is 5.92 Å². The van der Waals surface area contributed by atoms with E-state index in [1.54, 1.807) is 7.11 Å². The fourth-order valence-corrected chi connectivity index (χ4v) is 2.57. The first-order valence-corrected chi connectivity index (χ1v) is 6.77. The zero-order valence-corrected chi connectivity index (χ0v) is 12.1. The standard InChI is InChI=1S/C15H23NO3/c1-10(2)15(17-4)14(16-3)11-5-6-12-13(9-11)19-8-7-18-12/h5-6,9-10,14-16H,7-8H2,1-4H3. The van der Waals surface area contributed by atoms with Gasteiger partial charge in [-0.2, -0.15) is 0 Å². The van der Waals surface area contributed by atoms with E-state index in [1.165, 1.54) is 0 Å². The van der Waals surface area contributed by atoms with Crippen molar-refractivity contribution < 1.29 is 14.2 Å². The molecule has 0 radical (unpaired) electrons. The summed E-state index contributed by atoms with van der Waals surface area (Å²) in [7, 11) is 3.71. The second-order valence-electron chi connectivity index (χ2n) is 5.11. The SMILES string of the molecule is CNC(c1ccc2c(c1)OCCO2)C(OC)C(C)C. The summed E-state index contributed by atoms with van der Waals surface area (Å²) in [4.78, 5) is 0. The summed E-state index contributed by atoms with van der Waals surface area (Å²) in [6.07, 6.45) is 0.118. The first-order chi connectivity index (χ1) is 9.17. The van der Waals surface area contributed by atoms with Crippen molar-refractivity contribution in [2.75, 3.05) is 27.4 Å². The Morgan fingerprint density at radius 1 is 1.16 bits per heavy atom. The second kappa shape index (κ2) is 6.26. The molecule has 1 aromatic rings. The fraction of sp³-hybridized carbons (Fsp3) is 0.600. The van der Waals surface area contributed by atoms with Crippen LogP contribution in [-0.4, -0.2) is 33.5 Å². The smallest absolute Gasteiger partial charge is 0.161 e. The summed E-state index contributed by atoms with van der Waals surface area (Å²) < 4.78 is 16.8. The number of benzene rings is 1. The average molecular weight is 265 g/mol. The zero-order chi connectivity index (χ0) is 13.8. The number of hydrogen-bond acceptors (Lipinski definition) is 4.